The average Bonchev–Trinajstić information content (AvgIpc) is 2.83. The number of amides is 1. The SMILES string of the molecule is CC1CN(Cc2cccc(CNC(=O)c3cccc(S(=O)(=O)N4CCCCC4)c3)c2)CCO1. The molecule has 0 aliphatic carbocycles. The lowest BCUT2D eigenvalue weighted by atomic mass is 10.1. The number of nitrogens with one attached hydrogen (secondary N) is 1. The molecule has 0 aromatic heterocycles. The van der Waals surface area contributed by atoms with E-state index in [0.29, 0.717) is 25.2 Å². The number of carbonyl (C=O) groups excluding carboxylic acids is 1. The third-order valence-corrected chi connectivity index (χ3v) is 8.12. The van der Waals surface area contributed by atoms with Crippen LogP contribution in [-0.2, 0) is 27.8 Å². The third-order valence-electron chi connectivity index (χ3n) is 6.22. The number of hydrogen-bond donors (Lipinski definition) is 1. The first kappa shape index (κ1) is 23.9. The number of hydrogen-bond acceptors (Lipinski definition) is 5. The molecule has 1 unspecified atom stereocenters. The Morgan fingerprint density at radius 1 is 1.03 bits per heavy atom. The van der Waals surface area contributed by atoms with Crippen LogP contribution in [0.3, 0.4) is 0 Å². The quantitative estimate of drug-likeness (QED) is 0.672. The van der Waals surface area contributed by atoms with Crippen LogP contribution < -0.4 is 5.32 Å². The zero-order valence-electron chi connectivity index (χ0n) is 19.2. The Balaban J connectivity index is 1.37. The van der Waals surface area contributed by atoms with Crippen LogP contribution in [-0.4, -0.2) is 62.4 Å². The maximum absolute atomic E-state index is 12.9. The maximum atomic E-state index is 12.9. The summed E-state index contributed by atoms with van der Waals surface area (Å²) in [5.74, 6) is -0.280. The number of rotatable bonds is 7. The minimum absolute atomic E-state index is 0.179. The summed E-state index contributed by atoms with van der Waals surface area (Å²) in [5, 5.41) is 2.93. The van der Waals surface area contributed by atoms with Crippen molar-refractivity contribution in [2.24, 2.45) is 0 Å². The van der Waals surface area contributed by atoms with E-state index in [1.165, 1.54) is 15.9 Å². The monoisotopic (exact) mass is 471 g/mol. The van der Waals surface area contributed by atoms with Gasteiger partial charge in [-0.15, -0.1) is 0 Å². The van der Waals surface area contributed by atoms with Crippen LogP contribution in [0, 0.1) is 0 Å². The van der Waals surface area contributed by atoms with Crippen LogP contribution in [0.4, 0.5) is 0 Å². The molecule has 2 aromatic carbocycles. The van der Waals surface area contributed by atoms with Gasteiger partial charge in [-0.3, -0.25) is 9.69 Å². The minimum atomic E-state index is -3.57. The number of morpholine rings is 1. The second-order valence-electron chi connectivity index (χ2n) is 8.91. The van der Waals surface area contributed by atoms with Crippen molar-refractivity contribution in [3.63, 3.8) is 0 Å². The highest BCUT2D eigenvalue weighted by Gasteiger charge is 2.26. The summed E-state index contributed by atoms with van der Waals surface area (Å²) >= 11 is 0. The summed E-state index contributed by atoms with van der Waals surface area (Å²) < 4.78 is 33.0. The minimum Gasteiger partial charge on any atom is -0.376 e. The fraction of sp³-hybridized carbons (Fsp3) is 0.480. The predicted octanol–water partition coefficient (Wildman–Crippen LogP) is 3.01. The van der Waals surface area contributed by atoms with Gasteiger partial charge in [0.25, 0.3) is 5.91 Å². The fourth-order valence-electron chi connectivity index (χ4n) is 4.47. The number of ether oxygens (including phenoxy) is 1. The van der Waals surface area contributed by atoms with Crippen LogP contribution >= 0.6 is 0 Å². The van der Waals surface area contributed by atoms with Crippen molar-refractivity contribution < 1.29 is 17.9 Å². The van der Waals surface area contributed by atoms with Gasteiger partial charge in [-0.1, -0.05) is 36.8 Å². The Labute approximate surface area is 196 Å². The van der Waals surface area contributed by atoms with Crippen LogP contribution in [0.25, 0.3) is 0 Å². The largest absolute Gasteiger partial charge is 0.376 e. The first-order chi connectivity index (χ1) is 15.9. The number of benzene rings is 2. The molecule has 8 heteroatoms. The summed E-state index contributed by atoms with van der Waals surface area (Å²) in [6.07, 6.45) is 3.06. The van der Waals surface area contributed by atoms with Gasteiger partial charge in [-0.25, -0.2) is 8.42 Å². The van der Waals surface area contributed by atoms with Gasteiger partial charge in [-0.2, -0.15) is 4.31 Å². The number of carbonyl (C=O) groups is 1. The van der Waals surface area contributed by atoms with Gasteiger partial charge in [-0.05, 0) is 49.1 Å². The fourth-order valence-corrected chi connectivity index (χ4v) is 6.03. The van der Waals surface area contributed by atoms with Gasteiger partial charge in [0.2, 0.25) is 10.0 Å². The zero-order chi connectivity index (χ0) is 23.3. The summed E-state index contributed by atoms with van der Waals surface area (Å²) in [7, 11) is -3.57. The highest BCUT2D eigenvalue weighted by atomic mass is 32.2. The second-order valence-corrected chi connectivity index (χ2v) is 10.8. The molecule has 0 bridgehead atoms. The summed E-state index contributed by atoms with van der Waals surface area (Å²) in [6.45, 7) is 6.99. The molecular weight excluding hydrogens is 438 g/mol. The van der Waals surface area contributed by atoms with Crippen LogP contribution in [0.15, 0.2) is 53.4 Å². The molecule has 2 fully saturated rings. The molecule has 0 spiro atoms. The summed E-state index contributed by atoms with van der Waals surface area (Å²) in [5.41, 5.74) is 2.57. The molecule has 1 N–H and O–H groups in total. The molecule has 7 nitrogen and oxygen atoms in total. The number of piperidine rings is 1. The number of nitrogens with zero attached hydrogens (tertiary/aromatic N) is 2. The van der Waals surface area contributed by atoms with Crippen LogP contribution in [0.5, 0.6) is 0 Å². The Kier molecular flexibility index (Phi) is 7.80. The van der Waals surface area contributed by atoms with Crippen molar-refractivity contribution in [2.45, 2.75) is 50.3 Å². The number of sulfonamides is 1. The smallest absolute Gasteiger partial charge is 0.251 e. The van der Waals surface area contributed by atoms with Crippen molar-refractivity contribution in [3.05, 3.63) is 65.2 Å². The average molecular weight is 472 g/mol. The van der Waals surface area contributed by atoms with E-state index in [1.54, 1.807) is 18.2 Å². The Hall–Kier alpha value is -2.26. The molecule has 2 heterocycles. The summed E-state index contributed by atoms with van der Waals surface area (Å²) in [4.78, 5) is 15.3. The van der Waals surface area contributed by atoms with Gasteiger partial charge < -0.3 is 10.1 Å². The maximum Gasteiger partial charge on any atom is 0.251 e. The third kappa shape index (κ3) is 6.20. The van der Waals surface area contributed by atoms with Crippen molar-refractivity contribution in [1.82, 2.24) is 14.5 Å². The topological polar surface area (TPSA) is 79.0 Å². The van der Waals surface area contributed by atoms with Crippen LogP contribution in [0.1, 0.15) is 47.7 Å². The van der Waals surface area contributed by atoms with E-state index >= 15 is 0 Å². The van der Waals surface area contributed by atoms with E-state index in [9.17, 15) is 13.2 Å². The van der Waals surface area contributed by atoms with Crippen LogP contribution in [0.2, 0.25) is 0 Å². The Morgan fingerprint density at radius 2 is 1.79 bits per heavy atom. The van der Waals surface area contributed by atoms with Crippen molar-refractivity contribution in [3.8, 4) is 0 Å². The second kappa shape index (κ2) is 10.8. The van der Waals surface area contributed by atoms with Crippen molar-refractivity contribution in [1.29, 1.82) is 0 Å². The van der Waals surface area contributed by atoms with Gasteiger partial charge in [0.05, 0.1) is 17.6 Å². The zero-order valence-corrected chi connectivity index (χ0v) is 20.0. The first-order valence-corrected chi connectivity index (χ1v) is 13.2. The molecule has 2 aromatic rings. The molecule has 1 atom stereocenters. The van der Waals surface area contributed by atoms with E-state index in [-0.39, 0.29) is 16.9 Å². The molecule has 0 radical (unpaired) electrons. The molecular formula is C25H33N3O4S. The molecule has 4 rings (SSSR count). The molecule has 0 saturated carbocycles. The van der Waals surface area contributed by atoms with E-state index in [1.807, 2.05) is 12.1 Å². The molecule has 1 amide bonds. The first-order valence-electron chi connectivity index (χ1n) is 11.7. The predicted molar refractivity (Wildman–Crippen MR) is 127 cm³/mol. The lowest BCUT2D eigenvalue weighted by Gasteiger charge is -2.31. The Morgan fingerprint density at radius 3 is 2.58 bits per heavy atom. The van der Waals surface area contributed by atoms with Gasteiger partial charge in [0, 0.05) is 44.8 Å². The molecule has 178 valence electrons. The van der Waals surface area contributed by atoms with Gasteiger partial charge in [0.1, 0.15) is 0 Å². The highest BCUT2D eigenvalue weighted by Crippen LogP contribution is 2.21. The molecule has 2 aliphatic heterocycles. The van der Waals surface area contributed by atoms with E-state index in [0.717, 1.165) is 51.1 Å². The molecule has 2 saturated heterocycles. The van der Waals surface area contributed by atoms with Crippen molar-refractivity contribution in [2.75, 3.05) is 32.8 Å². The Bertz CT molecular complexity index is 1070. The van der Waals surface area contributed by atoms with E-state index < -0.39 is 10.0 Å². The van der Waals surface area contributed by atoms with Gasteiger partial charge >= 0.3 is 0 Å². The lowest BCUT2D eigenvalue weighted by Crippen LogP contribution is -2.40. The van der Waals surface area contributed by atoms with Gasteiger partial charge in [0.15, 0.2) is 0 Å². The lowest BCUT2D eigenvalue weighted by molar-refractivity contribution is -0.0212. The normalized spacial score (nSPS) is 20.5. The standard InChI is InChI=1S/C25H33N3O4S/c1-20-18-27(13-14-32-20)19-22-8-5-7-21(15-22)17-26-25(29)23-9-6-10-24(16-23)33(30,31)28-11-3-2-4-12-28/h5-10,15-16,20H,2-4,11-14,17-19H2,1H3,(H,26,29). The van der Waals surface area contributed by atoms with E-state index in [2.05, 4.69) is 29.3 Å². The summed E-state index contributed by atoms with van der Waals surface area (Å²) in [6, 6.07) is 14.5. The highest BCUT2D eigenvalue weighted by molar-refractivity contribution is 7.89. The van der Waals surface area contributed by atoms with E-state index in [4.69, 9.17) is 4.74 Å². The van der Waals surface area contributed by atoms with Crippen molar-refractivity contribution >= 4 is 15.9 Å². The molecule has 2 aliphatic rings. The molecule has 33 heavy (non-hydrogen) atoms.